The number of fused-ring (bicyclic) bond motifs is 1. The summed E-state index contributed by atoms with van der Waals surface area (Å²) in [4.78, 5) is 4.57. The number of hydrogen-bond donors (Lipinski definition) is 0. The number of pyridine rings is 1. The van der Waals surface area contributed by atoms with Crippen molar-refractivity contribution in [1.29, 1.82) is 5.26 Å². The molecule has 2 heterocycles. The fourth-order valence-electron chi connectivity index (χ4n) is 2.60. The average Bonchev–Trinajstić information content (AvgIpc) is 2.42. The van der Waals surface area contributed by atoms with Crippen LogP contribution in [0.1, 0.15) is 56.0 Å². The molecular formula is C17H22N2O2. The van der Waals surface area contributed by atoms with E-state index in [2.05, 4.69) is 31.5 Å². The van der Waals surface area contributed by atoms with Crippen molar-refractivity contribution in [3.8, 4) is 11.9 Å². The van der Waals surface area contributed by atoms with E-state index in [0.29, 0.717) is 31.1 Å². The van der Waals surface area contributed by atoms with Gasteiger partial charge in [-0.1, -0.05) is 26.5 Å². The van der Waals surface area contributed by atoms with Crippen LogP contribution in [0, 0.1) is 11.3 Å². The Morgan fingerprint density at radius 3 is 2.76 bits per heavy atom. The highest BCUT2D eigenvalue weighted by Gasteiger charge is 2.32. The third-order valence-corrected chi connectivity index (χ3v) is 3.62. The molecule has 0 unspecified atom stereocenters. The molecule has 2 rings (SSSR count). The topological polar surface area (TPSA) is 55.1 Å². The van der Waals surface area contributed by atoms with Crippen molar-refractivity contribution in [3.63, 3.8) is 0 Å². The second-order valence-electron chi connectivity index (χ2n) is 6.23. The van der Waals surface area contributed by atoms with Crippen molar-refractivity contribution in [2.45, 2.75) is 52.2 Å². The first kappa shape index (κ1) is 15.5. The summed E-state index contributed by atoms with van der Waals surface area (Å²) in [6, 6.07) is 2.26. The van der Waals surface area contributed by atoms with Gasteiger partial charge in [0.25, 0.3) is 0 Å². The minimum absolute atomic E-state index is 0.252. The molecular weight excluding hydrogens is 264 g/mol. The summed E-state index contributed by atoms with van der Waals surface area (Å²) in [7, 11) is 0. The zero-order valence-corrected chi connectivity index (χ0v) is 13.2. The standard InChI is InChI=1S/C17H22N2O2/c1-6-7-20-16-13(9-18)12-8-17(4,5)21-10-14(12)15(19-16)11(2)3/h6,11H,1,7-8,10H2,2-5H3. The first-order chi connectivity index (χ1) is 9.89. The predicted octanol–water partition coefficient (Wildman–Crippen LogP) is 3.49. The smallest absolute Gasteiger partial charge is 0.232 e. The lowest BCUT2D eigenvalue weighted by molar-refractivity contribution is -0.0409. The minimum atomic E-state index is -0.274. The molecule has 0 bridgehead atoms. The van der Waals surface area contributed by atoms with E-state index in [1.54, 1.807) is 6.08 Å². The van der Waals surface area contributed by atoms with Gasteiger partial charge in [-0.25, -0.2) is 4.98 Å². The first-order valence-electron chi connectivity index (χ1n) is 7.23. The second kappa shape index (κ2) is 5.87. The van der Waals surface area contributed by atoms with Gasteiger partial charge in [0, 0.05) is 12.0 Å². The van der Waals surface area contributed by atoms with E-state index in [0.717, 1.165) is 16.8 Å². The lowest BCUT2D eigenvalue weighted by Crippen LogP contribution is -2.33. The molecule has 1 aliphatic rings. The van der Waals surface area contributed by atoms with E-state index >= 15 is 0 Å². The number of hydrogen-bond acceptors (Lipinski definition) is 4. The Hall–Kier alpha value is -1.86. The van der Waals surface area contributed by atoms with Crippen LogP contribution in [0.15, 0.2) is 12.7 Å². The van der Waals surface area contributed by atoms with Crippen LogP contribution < -0.4 is 4.74 Å². The Balaban J connectivity index is 2.62. The van der Waals surface area contributed by atoms with Gasteiger partial charge in [-0.2, -0.15) is 5.26 Å². The van der Waals surface area contributed by atoms with Gasteiger partial charge in [0.15, 0.2) is 0 Å². The summed E-state index contributed by atoms with van der Waals surface area (Å²) in [5.74, 6) is 0.667. The molecule has 1 aromatic heterocycles. The normalized spacial score (nSPS) is 16.2. The largest absolute Gasteiger partial charge is 0.472 e. The van der Waals surface area contributed by atoms with Crippen molar-refractivity contribution in [2.24, 2.45) is 0 Å². The van der Waals surface area contributed by atoms with Crippen molar-refractivity contribution in [2.75, 3.05) is 6.61 Å². The molecule has 0 saturated heterocycles. The Morgan fingerprint density at radius 1 is 1.48 bits per heavy atom. The Morgan fingerprint density at radius 2 is 2.19 bits per heavy atom. The second-order valence-corrected chi connectivity index (χ2v) is 6.23. The van der Waals surface area contributed by atoms with Crippen molar-refractivity contribution in [1.82, 2.24) is 4.98 Å². The molecule has 0 amide bonds. The Labute approximate surface area is 126 Å². The van der Waals surface area contributed by atoms with Gasteiger partial charge in [-0.15, -0.1) is 0 Å². The van der Waals surface area contributed by atoms with Gasteiger partial charge >= 0.3 is 0 Å². The SMILES string of the molecule is C=CCOc1nc(C(C)C)c2c(c1C#N)CC(C)(C)OC2. The van der Waals surface area contributed by atoms with E-state index in [4.69, 9.17) is 9.47 Å². The lowest BCUT2D eigenvalue weighted by Gasteiger charge is -2.34. The van der Waals surface area contributed by atoms with Crippen LogP contribution in [0.25, 0.3) is 0 Å². The molecule has 4 heteroatoms. The molecule has 0 saturated carbocycles. The van der Waals surface area contributed by atoms with Crippen LogP contribution in [0.5, 0.6) is 5.88 Å². The fraction of sp³-hybridized carbons (Fsp3) is 0.529. The maximum atomic E-state index is 9.54. The molecule has 0 aromatic carbocycles. The monoisotopic (exact) mass is 286 g/mol. The number of nitrogens with zero attached hydrogens (tertiary/aromatic N) is 2. The fourth-order valence-corrected chi connectivity index (χ4v) is 2.60. The molecule has 0 atom stereocenters. The Kier molecular flexibility index (Phi) is 4.34. The van der Waals surface area contributed by atoms with E-state index in [1.807, 2.05) is 13.8 Å². The van der Waals surface area contributed by atoms with Crippen LogP contribution >= 0.6 is 0 Å². The van der Waals surface area contributed by atoms with Gasteiger partial charge in [0.1, 0.15) is 18.2 Å². The molecule has 0 spiro atoms. The van der Waals surface area contributed by atoms with Gasteiger partial charge in [0.05, 0.1) is 17.9 Å². The van der Waals surface area contributed by atoms with Crippen LogP contribution in [-0.4, -0.2) is 17.2 Å². The van der Waals surface area contributed by atoms with Crippen LogP contribution in [-0.2, 0) is 17.8 Å². The molecule has 0 aliphatic carbocycles. The van der Waals surface area contributed by atoms with Gasteiger partial charge < -0.3 is 9.47 Å². The quantitative estimate of drug-likeness (QED) is 0.795. The molecule has 112 valence electrons. The molecule has 4 nitrogen and oxygen atoms in total. The summed E-state index contributed by atoms with van der Waals surface area (Å²) >= 11 is 0. The van der Waals surface area contributed by atoms with E-state index in [9.17, 15) is 5.26 Å². The number of aromatic nitrogens is 1. The first-order valence-corrected chi connectivity index (χ1v) is 7.23. The lowest BCUT2D eigenvalue weighted by atomic mass is 9.86. The summed E-state index contributed by atoms with van der Waals surface area (Å²) in [5, 5.41) is 9.54. The van der Waals surface area contributed by atoms with Gasteiger partial charge in [0.2, 0.25) is 5.88 Å². The highest BCUT2D eigenvalue weighted by molar-refractivity contribution is 5.52. The number of rotatable bonds is 4. The van der Waals surface area contributed by atoms with E-state index in [1.165, 1.54) is 0 Å². The highest BCUT2D eigenvalue weighted by Crippen LogP contribution is 2.37. The number of nitriles is 1. The van der Waals surface area contributed by atoms with Crippen LogP contribution in [0.2, 0.25) is 0 Å². The summed E-state index contributed by atoms with van der Waals surface area (Å²) in [6.07, 6.45) is 2.35. The molecule has 0 fully saturated rings. The summed E-state index contributed by atoms with van der Waals surface area (Å²) in [5.41, 5.74) is 3.29. The minimum Gasteiger partial charge on any atom is -0.472 e. The summed E-state index contributed by atoms with van der Waals surface area (Å²) in [6.45, 7) is 12.7. The van der Waals surface area contributed by atoms with Crippen molar-refractivity contribution < 1.29 is 9.47 Å². The average molecular weight is 286 g/mol. The van der Waals surface area contributed by atoms with Crippen molar-refractivity contribution in [3.05, 3.63) is 35.0 Å². The zero-order valence-electron chi connectivity index (χ0n) is 13.2. The third-order valence-electron chi connectivity index (χ3n) is 3.62. The molecule has 1 aromatic rings. The van der Waals surface area contributed by atoms with Gasteiger partial charge in [-0.3, -0.25) is 0 Å². The van der Waals surface area contributed by atoms with Crippen LogP contribution in [0.3, 0.4) is 0 Å². The number of ether oxygens (including phenoxy) is 2. The van der Waals surface area contributed by atoms with Crippen LogP contribution in [0.4, 0.5) is 0 Å². The zero-order chi connectivity index (χ0) is 15.6. The van der Waals surface area contributed by atoms with E-state index in [-0.39, 0.29) is 11.5 Å². The third kappa shape index (κ3) is 3.08. The maximum Gasteiger partial charge on any atom is 0.232 e. The maximum absolute atomic E-state index is 9.54. The molecule has 0 N–H and O–H groups in total. The highest BCUT2D eigenvalue weighted by atomic mass is 16.5. The van der Waals surface area contributed by atoms with Gasteiger partial charge in [-0.05, 0) is 25.3 Å². The summed E-state index contributed by atoms with van der Waals surface area (Å²) < 4.78 is 11.5. The van der Waals surface area contributed by atoms with Crippen molar-refractivity contribution >= 4 is 0 Å². The molecule has 1 aliphatic heterocycles. The Bertz CT molecular complexity index is 598. The predicted molar refractivity (Wildman–Crippen MR) is 81.3 cm³/mol. The molecule has 21 heavy (non-hydrogen) atoms. The molecule has 0 radical (unpaired) electrons. The van der Waals surface area contributed by atoms with E-state index < -0.39 is 0 Å².